The van der Waals surface area contributed by atoms with E-state index in [9.17, 15) is 4.79 Å². The molecule has 0 amide bonds. The molecule has 1 aromatic rings. The number of aromatic carboxylic acids is 1. The first-order valence-corrected chi connectivity index (χ1v) is 4.56. The van der Waals surface area contributed by atoms with Gasteiger partial charge in [-0.05, 0) is 17.7 Å². The second kappa shape index (κ2) is 2.96. The summed E-state index contributed by atoms with van der Waals surface area (Å²) in [5, 5.41) is 8.88. The van der Waals surface area contributed by atoms with E-state index in [0.717, 1.165) is 16.5 Å². The van der Waals surface area contributed by atoms with Gasteiger partial charge < -0.3 is 5.11 Å². The molecule has 0 saturated heterocycles. The molecule has 0 unspecified atom stereocenters. The standard InChI is InChI=1S/C9H6BrNO2/c10-6-3-5-1-2-11-8(5)7(4-6)9(12)13/h2-4H,1H2,(H,12,13). The van der Waals surface area contributed by atoms with Gasteiger partial charge in [0.1, 0.15) is 0 Å². The summed E-state index contributed by atoms with van der Waals surface area (Å²) in [6, 6.07) is 3.47. The molecule has 66 valence electrons. The summed E-state index contributed by atoms with van der Waals surface area (Å²) in [6.45, 7) is 0. The minimum Gasteiger partial charge on any atom is -0.478 e. The van der Waals surface area contributed by atoms with Crippen LogP contribution in [0.25, 0.3) is 0 Å². The first-order chi connectivity index (χ1) is 6.18. The zero-order valence-electron chi connectivity index (χ0n) is 6.62. The van der Waals surface area contributed by atoms with Crippen LogP contribution in [0.5, 0.6) is 0 Å². The van der Waals surface area contributed by atoms with E-state index in [1.54, 1.807) is 12.3 Å². The van der Waals surface area contributed by atoms with Crippen LogP contribution in [0, 0.1) is 0 Å². The van der Waals surface area contributed by atoms with Gasteiger partial charge in [-0.3, -0.25) is 4.99 Å². The van der Waals surface area contributed by atoms with Gasteiger partial charge in [0.15, 0.2) is 0 Å². The Morgan fingerprint density at radius 3 is 3.00 bits per heavy atom. The molecule has 0 fully saturated rings. The number of carboxylic acids is 1. The third kappa shape index (κ3) is 1.37. The number of nitrogens with zero attached hydrogens (tertiary/aromatic N) is 1. The molecule has 0 bridgehead atoms. The topological polar surface area (TPSA) is 49.7 Å². The Bertz CT molecular complexity index is 412. The number of hydrogen-bond donors (Lipinski definition) is 1. The summed E-state index contributed by atoms with van der Waals surface area (Å²) >= 11 is 3.27. The van der Waals surface area contributed by atoms with E-state index in [4.69, 9.17) is 5.11 Å². The van der Waals surface area contributed by atoms with Crippen LogP contribution in [0.2, 0.25) is 0 Å². The van der Waals surface area contributed by atoms with Crippen molar-refractivity contribution in [2.75, 3.05) is 0 Å². The predicted octanol–water partition coefficient (Wildman–Crippen LogP) is 2.41. The molecule has 0 aliphatic carbocycles. The average Bonchev–Trinajstić information content (AvgIpc) is 2.49. The normalized spacial score (nSPS) is 13.0. The maximum atomic E-state index is 10.8. The van der Waals surface area contributed by atoms with Gasteiger partial charge in [-0.25, -0.2) is 4.79 Å². The summed E-state index contributed by atoms with van der Waals surface area (Å²) < 4.78 is 0.786. The van der Waals surface area contributed by atoms with Crippen molar-refractivity contribution in [3.63, 3.8) is 0 Å². The van der Waals surface area contributed by atoms with Crippen molar-refractivity contribution in [2.45, 2.75) is 6.42 Å². The first-order valence-electron chi connectivity index (χ1n) is 3.77. The summed E-state index contributed by atoms with van der Waals surface area (Å²) in [7, 11) is 0. The van der Waals surface area contributed by atoms with E-state index in [0.29, 0.717) is 5.69 Å². The quantitative estimate of drug-likeness (QED) is 0.819. The van der Waals surface area contributed by atoms with Crippen LogP contribution in [-0.2, 0) is 6.42 Å². The largest absolute Gasteiger partial charge is 0.478 e. The molecule has 4 heteroatoms. The molecule has 0 spiro atoms. The highest BCUT2D eigenvalue weighted by Crippen LogP contribution is 2.31. The molecule has 0 atom stereocenters. The van der Waals surface area contributed by atoms with Crippen molar-refractivity contribution in [1.82, 2.24) is 0 Å². The molecule has 1 heterocycles. The molecular weight excluding hydrogens is 234 g/mol. The molecule has 1 aliphatic rings. The smallest absolute Gasteiger partial charge is 0.337 e. The van der Waals surface area contributed by atoms with Crippen molar-refractivity contribution < 1.29 is 9.90 Å². The van der Waals surface area contributed by atoms with Crippen LogP contribution < -0.4 is 0 Å². The molecular formula is C9H6BrNO2. The van der Waals surface area contributed by atoms with Gasteiger partial charge in [0.25, 0.3) is 0 Å². The Kier molecular flexibility index (Phi) is 1.92. The van der Waals surface area contributed by atoms with E-state index in [1.165, 1.54) is 0 Å². The summed E-state index contributed by atoms with van der Waals surface area (Å²) in [5.41, 5.74) is 1.82. The van der Waals surface area contributed by atoms with Crippen LogP contribution in [0.1, 0.15) is 15.9 Å². The number of benzene rings is 1. The van der Waals surface area contributed by atoms with Crippen LogP contribution in [0.3, 0.4) is 0 Å². The molecule has 0 saturated carbocycles. The van der Waals surface area contributed by atoms with Crippen molar-refractivity contribution in [3.05, 3.63) is 27.7 Å². The fraction of sp³-hybridized carbons (Fsp3) is 0.111. The molecule has 1 aliphatic heterocycles. The molecule has 0 aromatic heterocycles. The molecule has 1 aromatic carbocycles. The van der Waals surface area contributed by atoms with Crippen molar-refractivity contribution >= 4 is 33.8 Å². The second-order valence-electron chi connectivity index (χ2n) is 2.78. The Morgan fingerprint density at radius 2 is 2.31 bits per heavy atom. The van der Waals surface area contributed by atoms with Crippen LogP contribution in [0.15, 0.2) is 21.6 Å². The minimum atomic E-state index is -0.934. The molecule has 2 rings (SSSR count). The van der Waals surface area contributed by atoms with Crippen molar-refractivity contribution in [3.8, 4) is 0 Å². The fourth-order valence-corrected chi connectivity index (χ4v) is 1.87. The summed E-state index contributed by atoms with van der Waals surface area (Å²) in [6.07, 6.45) is 2.44. The lowest BCUT2D eigenvalue weighted by atomic mass is 10.1. The SMILES string of the molecule is O=C(O)c1cc(Br)cc2c1N=CC2. The third-order valence-corrected chi connectivity index (χ3v) is 2.37. The molecule has 13 heavy (non-hydrogen) atoms. The lowest BCUT2D eigenvalue weighted by molar-refractivity contribution is 0.0697. The Hall–Kier alpha value is -1.16. The van der Waals surface area contributed by atoms with Crippen LogP contribution in [0.4, 0.5) is 5.69 Å². The number of aliphatic imine (C=N–C) groups is 1. The minimum absolute atomic E-state index is 0.262. The van der Waals surface area contributed by atoms with Gasteiger partial charge in [-0.1, -0.05) is 15.9 Å². The van der Waals surface area contributed by atoms with Gasteiger partial charge in [-0.15, -0.1) is 0 Å². The van der Waals surface area contributed by atoms with E-state index >= 15 is 0 Å². The average molecular weight is 240 g/mol. The van der Waals surface area contributed by atoms with Gasteiger partial charge in [0, 0.05) is 17.1 Å². The maximum absolute atomic E-state index is 10.8. The molecule has 0 radical (unpaired) electrons. The van der Waals surface area contributed by atoms with Crippen molar-refractivity contribution in [1.29, 1.82) is 0 Å². The highest BCUT2D eigenvalue weighted by atomic mass is 79.9. The summed E-state index contributed by atoms with van der Waals surface area (Å²) in [5.74, 6) is -0.934. The number of rotatable bonds is 1. The first kappa shape index (κ1) is 8.44. The van der Waals surface area contributed by atoms with Gasteiger partial charge in [0.05, 0.1) is 11.3 Å². The maximum Gasteiger partial charge on any atom is 0.337 e. The lowest BCUT2D eigenvalue weighted by Crippen LogP contribution is -1.97. The Morgan fingerprint density at radius 1 is 1.54 bits per heavy atom. The second-order valence-corrected chi connectivity index (χ2v) is 3.70. The Balaban J connectivity index is 2.67. The monoisotopic (exact) mass is 239 g/mol. The van der Waals surface area contributed by atoms with E-state index in [-0.39, 0.29) is 5.56 Å². The van der Waals surface area contributed by atoms with Crippen LogP contribution in [-0.4, -0.2) is 17.3 Å². The zero-order valence-corrected chi connectivity index (χ0v) is 8.21. The fourth-order valence-electron chi connectivity index (χ4n) is 1.36. The molecule has 1 N–H and O–H groups in total. The van der Waals surface area contributed by atoms with E-state index < -0.39 is 5.97 Å². The number of hydrogen-bond acceptors (Lipinski definition) is 2. The highest BCUT2D eigenvalue weighted by Gasteiger charge is 2.17. The summed E-state index contributed by atoms with van der Waals surface area (Å²) in [4.78, 5) is 14.9. The van der Waals surface area contributed by atoms with Crippen molar-refractivity contribution in [2.24, 2.45) is 4.99 Å². The number of halogens is 1. The number of fused-ring (bicyclic) bond motifs is 1. The third-order valence-electron chi connectivity index (χ3n) is 1.92. The van der Waals surface area contributed by atoms with E-state index in [1.807, 2.05) is 6.07 Å². The van der Waals surface area contributed by atoms with Gasteiger partial charge in [0.2, 0.25) is 0 Å². The predicted molar refractivity (Wildman–Crippen MR) is 53.0 cm³/mol. The molecule has 3 nitrogen and oxygen atoms in total. The number of carboxylic acid groups (broad SMARTS) is 1. The van der Waals surface area contributed by atoms with E-state index in [2.05, 4.69) is 20.9 Å². The Labute approximate surface area is 83.2 Å². The lowest BCUT2D eigenvalue weighted by Gasteiger charge is -2.02. The van der Waals surface area contributed by atoms with Gasteiger partial charge in [-0.2, -0.15) is 0 Å². The number of carbonyl (C=O) groups is 1. The van der Waals surface area contributed by atoms with Crippen LogP contribution >= 0.6 is 15.9 Å². The van der Waals surface area contributed by atoms with Gasteiger partial charge >= 0.3 is 5.97 Å². The highest BCUT2D eigenvalue weighted by molar-refractivity contribution is 9.10. The zero-order chi connectivity index (χ0) is 9.42.